The van der Waals surface area contributed by atoms with Crippen LogP contribution >= 0.6 is 11.8 Å². The van der Waals surface area contributed by atoms with E-state index in [2.05, 4.69) is 18.2 Å². The minimum absolute atomic E-state index is 0.0681. The Labute approximate surface area is 135 Å². The summed E-state index contributed by atoms with van der Waals surface area (Å²) in [5.74, 6) is -0.784. The van der Waals surface area contributed by atoms with E-state index in [1.165, 1.54) is 30.6 Å². The Kier molecular flexibility index (Phi) is 4.84. The van der Waals surface area contributed by atoms with Gasteiger partial charge in [-0.25, -0.2) is 0 Å². The van der Waals surface area contributed by atoms with E-state index in [4.69, 9.17) is 5.11 Å². The predicted octanol–water partition coefficient (Wildman–Crippen LogP) is 5.02. The number of rotatable bonds is 5. The van der Waals surface area contributed by atoms with E-state index in [9.17, 15) is 4.79 Å². The van der Waals surface area contributed by atoms with Gasteiger partial charge in [-0.2, -0.15) is 0 Å². The van der Waals surface area contributed by atoms with Crippen LogP contribution in [0.2, 0.25) is 0 Å². The Morgan fingerprint density at radius 1 is 1.00 bits per heavy atom. The van der Waals surface area contributed by atoms with Crippen molar-refractivity contribution in [3.8, 4) is 11.1 Å². The van der Waals surface area contributed by atoms with Crippen molar-refractivity contribution in [1.29, 1.82) is 0 Å². The van der Waals surface area contributed by atoms with E-state index in [0.29, 0.717) is 5.25 Å². The third kappa shape index (κ3) is 3.53. The van der Waals surface area contributed by atoms with Crippen LogP contribution in [0.4, 0.5) is 0 Å². The first-order chi connectivity index (χ1) is 10.7. The molecule has 2 aromatic rings. The quantitative estimate of drug-likeness (QED) is 0.842. The topological polar surface area (TPSA) is 37.3 Å². The van der Waals surface area contributed by atoms with E-state index in [0.717, 1.165) is 16.7 Å². The number of carboxylic acids is 1. The summed E-state index contributed by atoms with van der Waals surface area (Å²) in [6, 6.07) is 16.2. The molecule has 2 aromatic carbocycles. The lowest BCUT2D eigenvalue weighted by Gasteiger charge is -2.15. The van der Waals surface area contributed by atoms with Crippen molar-refractivity contribution in [2.24, 2.45) is 0 Å². The van der Waals surface area contributed by atoms with Gasteiger partial charge in [0.2, 0.25) is 0 Å². The van der Waals surface area contributed by atoms with E-state index in [1.807, 2.05) is 42.1 Å². The summed E-state index contributed by atoms with van der Waals surface area (Å²) in [7, 11) is 0. The summed E-state index contributed by atoms with van der Waals surface area (Å²) < 4.78 is 0. The highest BCUT2D eigenvalue weighted by molar-refractivity contribution is 8.00. The second kappa shape index (κ2) is 7.01. The van der Waals surface area contributed by atoms with Crippen molar-refractivity contribution in [1.82, 2.24) is 0 Å². The van der Waals surface area contributed by atoms with Crippen molar-refractivity contribution in [2.75, 3.05) is 0 Å². The Balaban J connectivity index is 1.96. The van der Waals surface area contributed by atoms with Crippen molar-refractivity contribution < 1.29 is 9.90 Å². The number of aliphatic carboxylic acids is 1. The zero-order valence-corrected chi connectivity index (χ0v) is 13.3. The predicted molar refractivity (Wildman–Crippen MR) is 91.3 cm³/mol. The molecule has 3 heteroatoms. The summed E-state index contributed by atoms with van der Waals surface area (Å²) in [5, 5.41) is 9.83. The maximum Gasteiger partial charge on any atom is 0.307 e. The van der Waals surface area contributed by atoms with Gasteiger partial charge >= 0.3 is 5.97 Å². The van der Waals surface area contributed by atoms with Gasteiger partial charge in [0.15, 0.2) is 0 Å². The van der Waals surface area contributed by atoms with E-state index >= 15 is 0 Å². The summed E-state index contributed by atoms with van der Waals surface area (Å²) >= 11 is 1.95. The average Bonchev–Trinajstić information content (AvgIpc) is 3.01. The fraction of sp³-hybridized carbons (Fsp3) is 0.316. The molecule has 0 heterocycles. The third-order valence-electron chi connectivity index (χ3n) is 4.13. The molecular weight excluding hydrogens is 292 g/mol. The first-order valence-corrected chi connectivity index (χ1v) is 8.68. The largest absolute Gasteiger partial charge is 0.481 e. The molecule has 1 aliphatic rings. The first kappa shape index (κ1) is 15.2. The van der Waals surface area contributed by atoms with E-state index < -0.39 is 5.97 Å². The summed E-state index contributed by atoms with van der Waals surface area (Å²) in [4.78, 5) is 12.4. The lowest BCUT2D eigenvalue weighted by Crippen LogP contribution is -2.02. The smallest absolute Gasteiger partial charge is 0.307 e. The highest BCUT2D eigenvalue weighted by atomic mass is 32.2. The summed E-state index contributed by atoms with van der Waals surface area (Å²) in [5.41, 5.74) is 3.09. The van der Waals surface area contributed by atoms with Crippen LogP contribution in [0.3, 0.4) is 0 Å². The molecule has 1 fully saturated rings. The number of thioether (sulfide) groups is 1. The van der Waals surface area contributed by atoms with Gasteiger partial charge in [-0.1, -0.05) is 55.3 Å². The van der Waals surface area contributed by atoms with Gasteiger partial charge in [0, 0.05) is 10.1 Å². The van der Waals surface area contributed by atoms with Gasteiger partial charge in [0.25, 0.3) is 0 Å². The SMILES string of the molecule is O=C(O)Cc1ccccc1-c1ccccc1SC1CCCC1. The summed E-state index contributed by atoms with van der Waals surface area (Å²) in [6.45, 7) is 0. The highest BCUT2D eigenvalue weighted by Crippen LogP contribution is 2.40. The number of hydrogen-bond donors (Lipinski definition) is 1. The van der Waals surface area contributed by atoms with Crippen molar-refractivity contribution in [3.63, 3.8) is 0 Å². The second-order valence-electron chi connectivity index (χ2n) is 5.75. The number of hydrogen-bond acceptors (Lipinski definition) is 2. The molecule has 0 aromatic heterocycles. The van der Waals surface area contributed by atoms with Crippen LogP contribution in [0.1, 0.15) is 31.2 Å². The molecule has 0 spiro atoms. The molecule has 0 bridgehead atoms. The van der Waals surface area contributed by atoms with E-state index in [1.54, 1.807) is 0 Å². The molecule has 0 atom stereocenters. The number of carboxylic acid groups (broad SMARTS) is 1. The number of carbonyl (C=O) groups is 1. The van der Waals surface area contributed by atoms with Gasteiger partial charge in [-0.05, 0) is 35.6 Å². The molecule has 3 rings (SSSR count). The Bertz CT molecular complexity index is 660. The Hall–Kier alpha value is -1.74. The zero-order chi connectivity index (χ0) is 15.4. The lowest BCUT2D eigenvalue weighted by atomic mass is 9.98. The van der Waals surface area contributed by atoms with Crippen molar-refractivity contribution in [3.05, 3.63) is 54.1 Å². The monoisotopic (exact) mass is 312 g/mol. The third-order valence-corrected chi connectivity index (χ3v) is 5.55. The van der Waals surface area contributed by atoms with Crippen LogP contribution < -0.4 is 0 Å². The average molecular weight is 312 g/mol. The molecule has 0 aliphatic heterocycles. The van der Waals surface area contributed by atoms with E-state index in [-0.39, 0.29) is 6.42 Å². The van der Waals surface area contributed by atoms with Crippen LogP contribution in [0.5, 0.6) is 0 Å². The maximum atomic E-state index is 11.1. The normalized spacial score (nSPS) is 15.1. The lowest BCUT2D eigenvalue weighted by molar-refractivity contribution is -0.136. The van der Waals surface area contributed by atoms with Crippen molar-refractivity contribution in [2.45, 2.75) is 42.2 Å². The minimum atomic E-state index is -0.784. The molecule has 1 aliphatic carbocycles. The Morgan fingerprint density at radius 2 is 1.64 bits per heavy atom. The summed E-state index contributed by atoms with van der Waals surface area (Å²) in [6.07, 6.45) is 5.30. The van der Waals surface area contributed by atoms with Crippen LogP contribution in [-0.2, 0) is 11.2 Å². The molecule has 0 radical (unpaired) electrons. The van der Waals surface area contributed by atoms with Crippen LogP contribution in [0.15, 0.2) is 53.4 Å². The minimum Gasteiger partial charge on any atom is -0.481 e. The molecule has 1 saturated carbocycles. The highest BCUT2D eigenvalue weighted by Gasteiger charge is 2.19. The second-order valence-corrected chi connectivity index (χ2v) is 7.09. The number of benzene rings is 2. The standard InChI is InChI=1S/C19H20O2S/c20-19(21)13-14-7-1-4-10-16(14)17-11-5-6-12-18(17)22-15-8-2-3-9-15/h1,4-7,10-12,15H,2-3,8-9,13H2,(H,20,21). The molecule has 0 unspecified atom stereocenters. The van der Waals surface area contributed by atoms with Gasteiger partial charge in [0.05, 0.1) is 6.42 Å². The van der Waals surface area contributed by atoms with Crippen LogP contribution in [-0.4, -0.2) is 16.3 Å². The molecule has 0 amide bonds. The molecule has 114 valence electrons. The van der Waals surface area contributed by atoms with Crippen LogP contribution in [0, 0.1) is 0 Å². The Morgan fingerprint density at radius 3 is 2.36 bits per heavy atom. The first-order valence-electron chi connectivity index (χ1n) is 7.80. The maximum absolute atomic E-state index is 11.1. The van der Waals surface area contributed by atoms with Crippen LogP contribution in [0.25, 0.3) is 11.1 Å². The molecule has 0 saturated heterocycles. The van der Waals surface area contributed by atoms with Gasteiger partial charge in [-0.15, -0.1) is 11.8 Å². The van der Waals surface area contributed by atoms with Gasteiger partial charge in [-0.3, -0.25) is 4.79 Å². The molecule has 2 nitrogen and oxygen atoms in total. The molecule has 1 N–H and O–H groups in total. The zero-order valence-electron chi connectivity index (χ0n) is 12.5. The fourth-order valence-corrected chi connectivity index (χ4v) is 4.47. The molecular formula is C19H20O2S. The van der Waals surface area contributed by atoms with Gasteiger partial charge in [0.1, 0.15) is 0 Å². The van der Waals surface area contributed by atoms with Gasteiger partial charge < -0.3 is 5.11 Å². The fourth-order valence-electron chi connectivity index (χ4n) is 3.08. The van der Waals surface area contributed by atoms with Crippen molar-refractivity contribution >= 4 is 17.7 Å². The molecule has 22 heavy (non-hydrogen) atoms.